The number of hydrogen-bond acceptors (Lipinski definition) is 2. The average Bonchev–Trinajstić information content (AvgIpc) is 2.47. The Morgan fingerprint density at radius 3 is 2.26 bits per heavy atom. The van der Waals surface area contributed by atoms with E-state index in [9.17, 15) is 4.79 Å². The maximum absolute atomic E-state index is 10.8. The van der Waals surface area contributed by atoms with Crippen LogP contribution >= 0.6 is 0 Å². The van der Waals surface area contributed by atoms with Crippen LogP contribution in [0.1, 0.15) is 42.6 Å². The van der Waals surface area contributed by atoms with Crippen molar-refractivity contribution in [2.24, 2.45) is 5.41 Å². The second-order valence-electron chi connectivity index (χ2n) is 6.65. The lowest BCUT2D eigenvalue weighted by atomic mass is 9.74. The standard InChI is InChI=1S/C16H18O2.C3H9NO/c1-11-8-14(10-16(2,3)9-11)12-4-6-13(7-5-12)15(17)18;1-4-2-3-5/h4-8H,1,9-10H2,2-3H3,(H,17,18);4-5H,2-3H2,1H3/p+1. The first kappa shape index (κ1) is 19.1. The van der Waals surface area contributed by atoms with E-state index in [1.54, 1.807) is 12.1 Å². The molecule has 0 saturated heterocycles. The maximum atomic E-state index is 10.8. The van der Waals surface area contributed by atoms with Crippen molar-refractivity contribution in [1.82, 2.24) is 0 Å². The highest BCUT2D eigenvalue weighted by Crippen LogP contribution is 2.41. The van der Waals surface area contributed by atoms with Crippen molar-refractivity contribution in [3.8, 4) is 0 Å². The zero-order chi connectivity index (χ0) is 17.5. The quantitative estimate of drug-likeness (QED) is 0.797. The van der Waals surface area contributed by atoms with Gasteiger partial charge in [0.25, 0.3) is 0 Å². The van der Waals surface area contributed by atoms with Crippen LogP contribution in [0, 0.1) is 5.41 Å². The number of aliphatic hydroxyl groups is 1. The minimum absolute atomic E-state index is 0.229. The Morgan fingerprint density at radius 2 is 1.87 bits per heavy atom. The van der Waals surface area contributed by atoms with Crippen molar-refractivity contribution >= 4 is 11.5 Å². The molecule has 0 atom stereocenters. The smallest absolute Gasteiger partial charge is 0.335 e. The molecule has 23 heavy (non-hydrogen) atoms. The third-order valence-corrected chi connectivity index (χ3v) is 3.67. The van der Waals surface area contributed by atoms with Gasteiger partial charge < -0.3 is 15.5 Å². The van der Waals surface area contributed by atoms with Crippen molar-refractivity contribution < 1.29 is 20.3 Å². The number of carboxylic acid groups (broad SMARTS) is 1. The second kappa shape index (κ2) is 8.65. The number of allylic oxidation sites excluding steroid dienone is 3. The van der Waals surface area contributed by atoms with Gasteiger partial charge in [-0.25, -0.2) is 4.79 Å². The number of carbonyl (C=O) groups is 1. The first-order valence-electron chi connectivity index (χ1n) is 7.90. The van der Waals surface area contributed by atoms with E-state index >= 15 is 0 Å². The number of rotatable bonds is 4. The molecule has 4 heteroatoms. The Hall–Kier alpha value is -1.91. The zero-order valence-corrected chi connectivity index (χ0v) is 14.3. The third-order valence-electron chi connectivity index (χ3n) is 3.67. The monoisotopic (exact) mass is 318 g/mol. The van der Waals surface area contributed by atoms with Gasteiger partial charge in [0.2, 0.25) is 0 Å². The van der Waals surface area contributed by atoms with Crippen LogP contribution < -0.4 is 5.32 Å². The van der Waals surface area contributed by atoms with Gasteiger partial charge in [0.15, 0.2) is 0 Å². The van der Waals surface area contributed by atoms with E-state index in [1.165, 1.54) is 5.57 Å². The van der Waals surface area contributed by atoms with E-state index in [0.717, 1.165) is 30.5 Å². The molecule has 0 saturated carbocycles. The summed E-state index contributed by atoms with van der Waals surface area (Å²) >= 11 is 0. The fourth-order valence-electron chi connectivity index (χ4n) is 2.68. The van der Waals surface area contributed by atoms with Crippen LogP contribution in [0.4, 0.5) is 0 Å². The van der Waals surface area contributed by atoms with Crippen molar-refractivity contribution in [2.75, 3.05) is 20.2 Å². The van der Waals surface area contributed by atoms with Crippen LogP contribution in [0.5, 0.6) is 0 Å². The fraction of sp³-hybridized carbons (Fsp3) is 0.421. The van der Waals surface area contributed by atoms with Gasteiger partial charge in [0.05, 0.1) is 25.8 Å². The molecule has 1 aromatic rings. The highest BCUT2D eigenvalue weighted by atomic mass is 16.4. The van der Waals surface area contributed by atoms with Crippen LogP contribution in [0.3, 0.4) is 0 Å². The molecule has 0 unspecified atom stereocenters. The number of benzene rings is 1. The molecule has 0 aliphatic heterocycles. The maximum Gasteiger partial charge on any atom is 0.335 e. The lowest BCUT2D eigenvalue weighted by Gasteiger charge is -2.31. The van der Waals surface area contributed by atoms with E-state index in [2.05, 4.69) is 26.5 Å². The number of carboxylic acids is 1. The molecule has 0 spiro atoms. The van der Waals surface area contributed by atoms with Gasteiger partial charge in [0, 0.05) is 0 Å². The van der Waals surface area contributed by atoms with E-state index in [0.29, 0.717) is 5.56 Å². The van der Waals surface area contributed by atoms with Gasteiger partial charge in [0.1, 0.15) is 0 Å². The van der Waals surface area contributed by atoms with Gasteiger partial charge in [-0.1, -0.05) is 44.2 Å². The lowest BCUT2D eigenvalue weighted by Crippen LogP contribution is -2.80. The molecule has 1 aliphatic carbocycles. The topological polar surface area (TPSA) is 74.1 Å². The highest BCUT2D eigenvalue weighted by molar-refractivity contribution is 5.88. The minimum atomic E-state index is -0.885. The third kappa shape index (κ3) is 6.38. The van der Waals surface area contributed by atoms with Crippen molar-refractivity contribution in [3.63, 3.8) is 0 Å². The summed E-state index contributed by atoms with van der Waals surface area (Å²) in [6, 6.07) is 7.07. The molecule has 1 aliphatic rings. The van der Waals surface area contributed by atoms with Crippen LogP contribution in [-0.4, -0.2) is 36.4 Å². The van der Waals surface area contributed by atoms with Crippen LogP contribution in [0.15, 0.2) is 42.5 Å². The molecule has 0 fully saturated rings. The molecular formula is C19H28NO3+. The first-order chi connectivity index (χ1) is 10.8. The minimum Gasteiger partial charge on any atom is -0.478 e. The van der Waals surface area contributed by atoms with Gasteiger partial charge in [-0.3, -0.25) is 0 Å². The summed E-state index contributed by atoms with van der Waals surface area (Å²) in [6.07, 6.45) is 4.14. The Kier molecular flexibility index (Phi) is 7.20. The Balaban J connectivity index is 0.000000463. The number of aliphatic hydroxyl groups excluding tert-OH is 1. The summed E-state index contributed by atoms with van der Waals surface area (Å²) < 4.78 is 0. The van der Waals surface area contributed by atoms with E-state index in [1.807, 2.05) is 24.5 Å². The summed E-state index contributed by atoms with van der Waals surface area (Å²) in [5, 5.41) is 18.8. The summed E-state index contributed by atoms with van der Waals surface area (Å²) in [5.74, 6) is -0.885. The largest absolute Gasteiger partial charge is 0.478 e. The normalized spacial score (nSPS) is 16.2. The Morgan fingerprint density at radius 1 is 1.26 bits per heavy atom. The molecule has 0 heterocycles. The summed E-state index contributed by atoms with van der Waals surface area (Å²) in [6.45, 7) is 9.63. The summed E-state index contributed by atoms with van der Waals surface area (Å²) in [4.78, 5) is 10.8. The number of aromatic carboxylic acids is 1. The molecular weight excluding hydrogens is 290 g/mol. The van der Waals surface area contributed by atoms with Crippen molar-refractivity contribution in [1.29, 1.82) is 0 Å². The van der Waals surface area contributed by atoms with Gasteiger partial charge in [-0.05, 0) is 41.5 Å². The number of nitrogens with two attached hydrogens (primary N) is 1. The number of quaternary nitrogens is 1. The van der Waals surface area contributed by atoms with Crippen molar-refractivity contribution in [3.05, 3.63) is 53.6 Å². The summed E-state index contributed by atoms with van der Waals surface area (Å²) in [5.41, 5.74) is 4.03. The molecule has 0 radical (unpaired) electrons. The predicted molar refractivity (Wildman–Crippen MR) is 93.3 cm³/mol. The fourth-order valence-corrected chi connectivity index (χ4v) is 2.68. The van der Waals surface area contributed by atoms with Crippen LogP contribution in [0.25, 0.3) is 5.57 Å². The Labute approximate surface area is 138 Å². The van der Waals surface area contributed by atoms with E-state index in [-0.39, 0.29) is 12.0 Å². The molecule has 0 amide bonds. The number of hydrogen-bond donors (Lipinski definition) is 3. The molecule has 0 bridgehead atoms. The van der Waals surface area contributed by atoms with E-state index in [4.69, 9.17) is 10.2 Å². The molecule has 1 aromatic carbocycles. The molecule has 4 N–H and O–H groups in total. The van der Waals surface area contributed by atoms with Gasteiger partial charge >= 0.3 is 5.97 Å². The van der Waals surface area contributed by atoms with Crippen molar-refractivity contribution in [2.45, 2.75) is 26.7 Å². The van der Waals surface area contributed by atoms with Gasteiger partial charge in [-0.2, -0.15) is 0 Å². The molecule has 2 rings (SSSR count). The lowest BCUT2D eigenvalue weighted by molar-refractivity contribution is -0.628. The zero-order valence-electron chi connectivity index (χ0n) is 14.3. The SMILES string of the molecule is C=C1C=C(c2ccc(C(=O)O)cc2)CC(C)(C)C1.C[NH2+]CCO. The van der Waals surface area contributed by atoms with E-state index < -0.39 is 5.97 Å². The van der Waals surface area contributed by atoms with Crippen LogP contribution in [0.2, 0.25) is 0 Å². The highest BCUT2D eigenvalue weighted by Gasteiger charge is 2.25. The Bertz CT molecular complexity index is 569. The van der Waals surface area contributed by atoms with Gasteiger partial charge in [-0.15, -0.1) is 0 Å². The summed E-state index contributed by atoms with van der Waals surface area (Å²) in [7, 11) is 1.93. The second-order valence-corrected chi connectivity index (χ2v) is 6.65. The van der Waals surface area contributed by atoms with Crippen LogP contribution in [-0.2, 0) is 0 Å². The average molecular weight is 318 g/mol. The number of likely N-dealkylation sites (N-methyl/N-ethyl adjacent to an activating group) is 1. The first-order valence-corrected chi connectivity index (χ1v) is 7.90. The predicted octanol–water partition coefficient (Wildman–Crippen LogP) is 2.32. The molecule has 126 valence electrons. The molecule has 4 nitrogen and oxygen atoms in total. The molecule has 0 aromatic heterocycles.